The number of rotatable bonds is 3. The van der Waals surface area contributed by atoms with E-state index in [0.29, 0.717) is 0 Å². The summed E-state index contributed by atoms with van der Waals surface area (Å²) >= 11 is 1.72. The van der Waals surface area contributed by atoms with Crippen LogP contribution in [0.25, 0.3) is 6.08 Å². The normalized spacial score (nSPS) is 12.8. The summed E-state index contributed by atoms with van der Waals surface area (Å²) in [6, 6.07) is 16.7. The summed E-state index contributed by atoms with van der Waals surface area (Å²) in [6.07, 6.45) is 4.19. The lowest BCUT2D eigenvalue weighted by Crippen LogP contribution is -3.00. The van der Waals surface area contributed by atoms with Crippen molar-refractivity contribution < 1.29 is 24.0 Å². The quantitative estimate of drug-likeness (QED) is 0.705. The molecule has 4 heteroatoms. The molecule has 0 N–H and O–H groups in total. The van der Waals surface area contributed by atoms with Gasteiger partial charge in [0.05, 0.1) is 9.89 Å². The van der Waals surface area contributed by atoms with Crippen molar-refractivity contribution in [2.75, 3.05) is 19.0 Å². The number of hydrogen-bond acceptors (Lipinski definition) is 3. The van der Waals surface area contributed by atoms with E-state index in [2.05, 4.69) is 58.4 Å². The van der Waals surface area contributed by atoms with E-state index in [1.54, 1.807) is 11.8 Å². The summed E-state index contributed by atoms with van der Waals surface area (Å²) < 4.78 is 0. The van der Waals surface area contributed by atoms with Gasteiger partial charge in [-0.1, -0.05) is 24.3 Å². The van der Waals surface area contributed by atoms with Crippen LogP contribution in [0, 0.1) is 0 Å². The SMILES string of the molecule is CN(C)c1ccc(C=CC2=[N+]c3ccccc3S2)cc1.[I-]. The largest absolute Gasteiger partial charge is 1.00 e. The van der Waals surface area contributed by atoms with Crippen LogP contribution in [-0.4, -0.2) is 19.1 Å². The Kier molecular flexibility index (Phi) is 5.47. The molecule has 1 radical (unpaired) electrons. The molecule has 3 rings (SSSR count). The maximum atomic E-state index is 4.60. The highest BCUT2D eigenvalue weighted by Crippen LogP contribution is 2.32. The van der Waals surface area contributed by atoms with Gasteiger partial charge in [0, 0.05) is 31.9 Å². The van der Waals surface area contributed by atoms with Crippen LogP contribution in [0.15, 0.2) is 59.5 Å². The maximum absolute atomic E-state index is 4.60. The van der Waals surface area contributed by atoms with Crippen molar-refractivity contribution in [1.29, 1.82) is 0 Å². The number of nitrogens with zero attached hydrogens (tertiary/aromatic N) is 2. The molecule has 0 aromatic heterocycles. The molecule has 2 aromatic carbocycles. The monoisotopic (exact) mass is 407 g/mol. The molecule has 0 unspecified atom stereocenters. The highest BCUT2D eigenvalue weighted by Gasteiger charge is 2.25. The molecule has 1 heterocycles. The van der Waals surface area contributed by atoms with Gasteiger partial charge in [0.2, 0.25) is 0 Å². The summed E-state index contributed by atoms with van der Waals surface area (Å²) in [5.74, 6) is 0. The average molecular weight is 407 g/mol. The average Bonchev–Trinajstić information content (AvgIpc) is 2.88. The topological polar surface area (TPSA) is 17.3 Å². The smallest absolute Gasteiger partial charge is 0.316 e. The van der Waals surface area contributed by atoms with Crippen LogP contribution >= 0.6 is 11.8 Å². The molecule has 0 amide bonds. The predicted molar refractivity (Wildman–Crippen MR) is 88.9 cm³/mol. The Morgan fingerprint density at radius 1 is 0.952 bits per heavy atom. The van der Waals surface area contributed by atoms with Crippen LogP contribution in [-0.2, 0) is 0 Å². The fourth-order valence-corrected chi connectivity index (χ4v) is 2.88. The molecule has 2 nitrogen and oxygen atoms in total. The van der Waals surface area contributed by atoms with Crippen molar-refractivity contribution in [3.8, 4) is 0 Å². The number of benzene rings is 2. The maximum Gasteiger partial charge on any atom is 0.316 e. The van der Waals surface area contributed by atoms with Gasteiger partial charge in [-0.15, -0.1) is 0 Å². The number of anilines is 1. The van der Waals surface area contributed by atoms with Gasteiger partial charge in [-0.05, 0) is 41.6 Å². The van der Waals surface area contributed by atoms with Crippen LogP contribution in [0.3, 0.4) is 0 Å². The van der Waals surface area contributed by atoms with Gasteiger partial charge in [-0.25, -0.2) is 0 Å². The van der Waals surface area contributed by atoms with Gasteiger partial charge in [0.15, 0.2) is 0 Å². The number of para-hydroxylation sites is 1. The first-order valence-electron chi connectivity index (χ1n) is 6.53. The molecule has 21 heavy (non-hydrogen) atoms. The van der Waals surface area contributed by atoms with Gasteiger partial charge >= 0.3 is 5.04 Å². The molecule has 1 aliphatic heterocycles. The van der Waals surface area contributed by atoms with E-state index in [4.69, 9.17) is 0 Å². The molecule has 0 bridgehead atoms. The molecule has 0 spiro atoms. The van der Waals surface area contributed by atoms with Crippen molar-refractivity contribution in [1.82, 2.24) is 4.99 Å². The van der Waals surface area contributed by atoms with Gasteiger partial charge in [-0.2, -0.15) is 0 Å². The van der Waals surface area contributed by atoms with E-state index in [-0.39, 0.29) is 24.0 Å². The van der Waals surface area contributed by atoms with E-state index in [0.717, 1.165) is 10.7 Å². The summed E-state index contributed by atoms with van der Waals surface area (Å²) in [4.78, 5) is 7.93. The second-order valence-electron chi connectivity index (χ2n) is 4.84. The Bertz CT molecular complexity index is 675. The second kappa shape index (κ2) is 7.13. The third-order valence-electron chi connectivity index (χ3n) is 3.14. The first kappa shape index (κ1) is 16.1. The lowest BCUT2D eigenvalue weighted by atomic mass is 10.2. The third-order valence-corrected chi connectivity index (χ3v) is 4.14. The van der Waals surface area contributed by atoms with Crippen molar-refractivity contribution in [2.24, 2.45) is 0 Å². The van der Waals surface area contributed by atoms with Crippen LogP contribution < -0.4 is 33.9 Å². The number of aliphatic imine (C=N–C) groups is 1. The Labute approximate surface area is 147 Å². The number of fused-ring (bicyclic) bond motifs is 1. The molecule has 0 saturated carbocycles. The molecule has 1 aliphatic rings. The van der Waals surface area contributed by atoms with E-state index < -0.39 is 0 Å². The zero-order valence-corrected chi connectivity index (χ0v) is 14.9. The molecule has 2 aromatic rings. The molecule has 0 atom stereocenters. The van der Waals surface area contributed by atoms with E-state index >= 15 is 0 Å². The number of thioether (sulfide) groups is 1. The zero-order valence-electron chi connectivity index (χ0n) is 12.0. The van der Waals surface area contributed by atoms with Gasteiger partial charge in [0.1, 0.15) is 0 Å². The molecular weight excluding hydrogens is 391 g/mol. The first-order valence-corrected chi connectivity index (χ1v) is 7.35. The van der Waals surface area contributed by atoms with Crippen LogP contribution in [0.2, 0.25) is 0 Å². The Morgan fingerprint density at radius 2 is 1.67 bits per heavy atom. The Hall–Kier alpha value is -1.27. The van der Waals surface area contributed by atoms with Crippen LogP contribution in [0.4, 0.5) is 11.4 Å². The Balaban J connectivity index is 0.00000161. The van der Waals surface area contributed by atoms with Crippen molar-refractivity contribution in [3.63, 3.8) is 0 Å². The highest BCUT2D eigenvalue weighted by molar-refractivity contribution is 8.14. The molecular formula is C17H16IN2S. The third kappa shape index (κ3) is 3.89. The van der Waals surface area contributed by atoms with Crippen molar-refractivity contribution >= 4 is 34.3 Å². The zero-order chi connectivity index (χ0) is 13.9. The van der Waals surface area contributed by atoms with Crippen LogP contribution in [0.1, 0.15) is 5.56 Å². The first-order chi connectivity index (χ1) is 9.72. The Morgan fingerprint density at radius 3 is 2.33 bits per heavy atom. The lowest BCUT2D eigenvalue weighted by Gasteiger charge is -2.11. The van der Waals surface area contributed by atoms with Crippen molar-refractivity contribution in [3.05, 3.63) is 60.2 Å². The van der Waals surface area contributed by atoms with Crippen LogP contribution in [0.5, 0.6) is 0 Å². The summed E-state index contributed by atoms with van der Waals surface area (Å²) in [6.45, 7) is 0. The fraction of sp³-hybridized carbons (Fsp3) is 0.118. The second-order valence-corrected chi connectivity index (χ2v) is 5.90. The summed E-state index contributed by atoms with van der Waals surface area (Å²) in [5, 5.41) is 1.04. The summed E-state index contributed by atoms with van der Waals surface area (Å²) in [5.41, 5.74) is 3.47. The van der Waals surface area contributed by atoms with Gasteiger partial charge in [0.25, 0.3) is 5.69 Å². The van der Waals surface area contributed by atoms with E-state index in [9.17, 15) is 0 Å². The van der Waals surface area contributed by atoms with Crippen molar-refractivity contribution in [2.45, 2.75) is 4.90 Å². The summed E-state index contributed by atoms with van der Waals surface area (Å²) in [7, 11) is 4.10. The molecule has 0 aliphatic carbocycles. The minimum Gasteiger partial charge on any atom is -1.00 e. The van der Waals surface area contributed by atoms with E-state index in [1.807, 2.05) is 26.2 Å². The number of hydrogen-bond donors (Lipinski definition) is 0. The van der Waals surface area contributed by atoms with E-state index in [1.165, 1.54) is 16.1 Å². The minimum absolute atomic E-state index is 0. The van der Waals surface area contributed by atoms with Gasteiger partial charge in [-0.3, -0.25) is 0 Å². The molecule has 107 valence electrons. The molecule has 0 saturated heterocycles. The lowest BCUT2D eigenvalue weighted by molar-refractivity contribution is -0.00000398. The number of halogens is 1. The minimum atomic E-state index is 0. The fourth-order valence-electron chi connectivity index (χ4n) is 2.01. The molecule has 0 fully saturated rings. The van der Waals surface area contributed by atoms with Gasteiger partial charge < -0.3 is 28.9 Å². The predicted octanol–water partition coefficient (Wildman–Crippen LogP) is 0.941. The standard InChI is InChI=1S/C17H16N2S.HI/c1-19(2)14-10-7-13(8-11-14)9-12-17-18-15-5-3-4-6-16(15)20-17;/h3-12H,1-2H3;1H/q+1;/p-1. The highest BCUT2D eigenvalue weighted by atomic mass is 127.